The molecule has 0 saturated heterocycles. The molecule has 0 aliphatic heterocycles. The number of nitrogens with one attached hydrogen (secondary N) is 1. The Morgan fingerprint density at radius 3 is 2.29 bits per heavy atom. The van der Waals surface area contributed by atoms with Crippen molar-refractivity contribution in [2.75, 3.05) is 40.3 Å². The normalized spacial score (nSPS) is 14.7. The van der Waals surface area contributed by atoms with E-state index in [-0.39, 0.29) is 0 Å². The summed E-state index contributed by atoms with van der Waals surface area (Å²) in [6.45, 7) is 13.2. The Bertz CT molecular complexity index is 403. The highest BCUT2D eigenvalue weighted by atomic mass is 15.2. The van der Waals surface area contributed by atoms with Crippen molar-refractivity contribution in [3.63, 3.8) is 0 Å². The summed E-state index contributed by atoms with van der Waals surface area (Å²) in [7, 11) is 4.29. The van der Waals surface area contributed by atoms with Gasteiger partial charge in [-0.1, -0.05) is 38.1 Å². The first-order valence-electron chi connectivity index (χ1n) is 8.17. The van der Waals surface area contributed by atoms with Crippen molar-refractivity contribution in [3.05, 3.63) is 35.4 Å². The number of aryl methyl sites for hydroxylation is 1. The van der Waals surface area contributed by atoms with E-state index in [0.717, 1.165) is 26.2 Å². The Hall–Kier alpha value is -0.900. The quantitative estimate of drug-likeness (QED) is 0.755. The summed E-state index contributed by atoms with van der Waals surface area (Å²) in [6.07, 6.45) is 0. The van der Waals surface area contributed by atoms with Crippen molar-refractivity contribution in [2.45, 2.75) is 39.8 Å². The van der Waals surface area contributed by atoms with Crippen molar-refractivity contribution >= 4 is 0 Å². The molecule has 0 saturated carbocycles. The van der Waals surface area contributed by atoms with Gasteiger partial charge in [0.25, 0.3) is 0 Å². The van der Waals surface area contributed by atoms with Gasteiger partial charge in [-0.2, -0.15) is 0 Å². The second-order valence-corrected chi connectivity index (χ2v) is 6.17. The van der Waals surface area contributed by atoms with Gasteiger partial charge in [-0.15, -0.1) is 0 Å². The van der Waals surface area contributed by atoms with Crippen LogP contribution in [0.2, 0.25) is 0 Å². The zero-order valence-electron chi connectivity index (χ0n) is 14.7. The van der Waals surface area contributed by atoms with Crippen LogP contribution in [0, 0.1) is 6.92 Å². The second-order valence-electron chi connectivity index (χ2n) is 6.17. The molecule has 21 heavy (non-hydrogen) atoms. The minimum atomic E-state index is 0.403. The molecule has 0 fully saturated rings. The zero-order valence-corrected chi connectivity index (χ0v) is 14.7. The predicted octanol–water partition coefficient (Wildman–Crippen LogP) is 2.92. The molecule has 1 aromatic carbocycles. The molecular weight excluding hydrogens is 258 g/mol. The van der Waals surface area contributed by atoms with Crippen molar-refractivity contribution in [1.29, 1.82) is 0 Å². The molecule has 1 N–H and O–H groups in total. The Kier molecular flexibility index (Phi) is 7.94. The highest BCUT2D eigenvalue weighted by molar-refractivity contribution is 5.29. The van der Waals surface area contributed by atoms with Gasteiger partial charge >= 0.3 is 0 Å². The van der Waals surface area contributed by atoms with E-state index in [1.54, 1.807) is 0 Å². The molecule has 1 aromatic rings. The van der Waals surface area contributed by atoms with E-state index in [4.69, 9.17) is 0 Å². The van der Waals surface area contributed by atoms with E-state index in [1.165, 1.54) is 11.1 Å². The van der Waals surface area contributed by atoms with Crippen LogP contribution in [0.15, 0.2) is 24.3 Å². The smallest absolute Gasteiger partial charge is 0.0451 e. The summed E-state index contributed by atoms with van der Waals surface area (Å²) >= 11 is 0. The molecule has 0 amide bonds. The molecule has 0 aliphatic rings. The monoisotopic (exact) mass is 291 g/mol. The molecule has 0 heterocycles. The lowest BCUT2D eigenvalue weighted by atomic mass is 10.00. The molecule has 120 valence electrons. The van der Waals surface area contributed by atoms with Crippen LogP contribution in [0.1, 0.15) is 37.9 Å². The lowest BCUT2D eigenvalue weighted by Crippen LogP contribution is -2.44. The van der Waals surface area contributed by atoms with E-state index < -0.39 is 0 Å². The van der Waals surface area contributed by atoms with Crippen LogP contribution in [0.3, 0.4) is 0 Å². The van der Waals surface area contributed by atoms with Gasteiger partial charge in [0.05, 0.1) is 0 Å². The molecule has 0 spiro atoms. The molecule has 0 aliphatic carbocycles. The molecule has 0 aromatic heterocycles. The van der Waals surface area contributed by atoms with Crippen molar-refractivity contribution < 1.29 is 0 Å². The van der Waals surface area contributed by atoms with Gasteiger partial charge in [-0.25, -0.2) is 0 Å². The number of hydrogen-bond donors (Lipinski definition) is 1. The van der Waals surface area contributed by atoms with Crippen LogP contribution in [-0.2, 0) is 0 Å². The number of nitrogens with zero attached hydrogens (tertiary/aromatic N) is 2. The minimum absolute atomic E-state index is 0.403. The maximum Gasteiger partial charge on any atom is 0.0451 e. The lowest BCUT2D eigenvalue weighted by Gasteiger charge is -2.34. The fourth-order valence-electron chi connectivity index (χ4n) is 3.00. The number of likely N-dealkylation sites (N-methyl/N-ethyl adjacent to an activating group) is 3. The van der Waals surface area contributed by atoms with Gasteiger partial charge < -0.3 is 10.2 Å². The van der Waals surface area contributed by atoms with E-state index in [9.17, 15) is 0 Å². The van der Waals surface area contributed by atoms with Gasteiger partial charge in [0.1, 0.15) is 0 Å². The summed E-state index contributed by atoms with van der Waals surface area (Å²) < 4.78 is 0. The number of benzene rings is 1. The molecule has 0 radical (unpaired) electrons. The Morgan fingerprint density at radius 2 is 1.76 bits per heavy atom. The maximum atomic E-state index is 3.66. The SMILES string of the molecule is CCNC(CN(CC)C(C)CN(C)C)c1ccccc1C. The summed E-state index contributed by atoms with van der Waals surface area (Å²) in [4.78, 5) is 4.84. The van der Waals surface area contributed by atoms with E-state index in [0.29, 0.717) is 12.1 Å². The first-order valence-corrected chi connectivity index (χ1v) is 8.17. The average molecular weight is 291 g/mol. The standard InChI is InChI=1S/C18H33N3/c1-7-19-18(17-12-10-9-11-15(17)3)14-21(8-2)16(4)13-20(5)6/h9-12,16,18-19H,7-8,13-14H2,1-6H3. The van der Waals surface area contributed by atoms with Gasteiger partial charge in [-0.05, 0) is 52.2 Å². The first kappa shape index (κ1) is 18.1. The van der Waals surface area contributed by atoms with Crippen LogP contribution in [0.4, 0.5) is 0 Å². The van der Waals surface area contributed by atoms with Crippen LogP contribution in [0.5, 0.6) is 0 Å². The Morgan fingerprint density at radius 1 is 1.10 bits per heavy atom. The number of hydrogen-bond acceptors (Lipinski definition) is 3. The highest BCUT2D eigenvalue weighted by Crippen LogP contribution is 2.19. The summed E-state index contributed by atoms with van der Waals surface area (Å²) in [6, 6.07) is 9.70. The maximum absolute atomic E-state index is 3.66. The molecule has 2 unspecified atom stereocenters. The van der Waals surface area contributed by atoms with Crippen molar-refractivity contribution in [2.24, 2.45) is 0 Å². The first-order chi connectivity index (χ1) is 9.99. The van der Waals surface area contributed by atoms with E-state index in [1.807, 2.05) is 0 Å². The van der Waals surface area contributed by atoms with E-state index in [2.05, 4.69) is 81.2 Å². The van der Waals surface area contributed by atoms with Crippen LogP contribution < -0.4 is 5.32 Å². The van der Waals surface area contributed by atoms with Gasteiger partial charge in [-0.3, -0.25) is 4.90 Å². The van der Waals surface area contributed by atoms with Gasteiger partial charge in [0.2, 0.25) is 0 Å². The molecule has 2 atom stereocenters. The minimum Gasteiger partial charge on any atom is -0.309 e. The fraction of sp³-hybridized carbons (Fsp3) is 0.667. The lowest BCUT2D eigenvalue weighted by molar-refractivity contribution is 0.165. The van der Waals surface area contributed by atoms with Crippen LogP contribution >= 0.6 is 0 Å². The fourth-order valence-corrected chi connectivity index (χ4v) is 3.00. The molecule has 1 rings (SSSR count). The summed E-state index contributed by atoms with van der Waals surface area (Å²) in [5.41, 5.74) is 2.80. The van der Waals surface area contributed by atoms with Crippen molar-refractivity contribution in [3.8, 4) is 0 Å². The Labute approximate surface area is 131 Å². The summed E-state index contributed by atoms with van der Waals surface area (Å²) in [5, 5.41) is 3.66. The molecule has 0 bridgehead atoms. The third kappa shape index (κ3) is 5.77. The van der Waals surface area contributed by atoms with Gasteiger partial charge in [0, 0.05) is 25.2 Å². The second kappa shape index (κ2) is 9.19. The van der Waals surface area contributed by atoms with Crippen LogP contribution in [-0.4, -0.2) is 56.1 Å². The van der Waals surface area contributed by atoms with Gasteiger partial charge in [0.15, 0.2) is 0 Å². The van der Waals surface area contributed by atoms with Crippen LogP contribution in [0.25, 0.3) is 0 Å². The average Bonchev–Trinajstić information content (AvgIpc) is 2.43. The third-order valence-corrected chi connectivity index (χ3v) is 4.09. The number of rotatable bonds is 9. The third-order valence-electron chi connectivity index (χ3n) is 4.09. The summed E-state index contributed by atoms with van der Waals surface area (Å²) in [5.74, 6) is 0. The predicted molar refractivity (Wildman–Crippen MR) is 92.9 cm³/mol. The zero-order chi connectivity index (χ0) is 15.8. The Balaban J connectivity index is 2.83. The topological polar surface area (TPSA) is 18.5 Å². The van der Waals surface area contributed by atoms with Crippen molar-refractivity contribution in [1.82, 2.24) is 15.1 Å². The van der Waals surface area contributed by atoms with E-state index >= 15 is 0 Å². The highest BCUT2D eigenvalue weighted by Gasteiger charge is 2.19. The molecular formula is C18H33N3. The molecule has 3 heteroatoms. The largest absolute Gasteiger partial charge is 0.309 e. The molecule has 3 nitrogen and oxygen atoms in total.